The fraction of sp³-hybridized carbons (Fsp3) is 0.500. The molecule has 2 aliphatic rings. The first-order valence-electron chi connectivity index (χ1n) is 6.49. The second kappa shape index (κ2) is 4.61. The van der Waals surface area contributed by atoms with Crippen LogP contribution in [0.2, 0.25) is 0 Å². The maximum atomic E-state index is 11.0. The number of aliphatic carboxylic acids is 1. The lowest BCUT2D eigenvalue weighted by molar-refractivity contribution is -0.139. The molecule has 0 aromatic heterocycles. The predicted octanol–water partition coefficient (Wildman–Crippen LogP) is 1.89. The van der Waals surface area contributed by atoms with E-state index in [1.165, 1.54) is 5.56 Å². The Kier molecular flexibility index (Phi) is 2.96. The van der Waals surface area contributed by atoms with Gasteiger partial charge in [0.05, 0.1) is 6.61 Å². The Labute approximate surface area is 106 Å². The highest BCUT2D eigenvalue weighted by atomic mass is 16.5. The molecule has 96 valence electrons. The van der Waals surface area contributed by atoms with Crippen LogP contribution >= 0.6 is 0 Å². The fourth-order valence-corrected chi connectivity index (χ4v) is 2.87. The lowest BCUT2D eigenvalue weighted by Gasteiger charge is -2.23. The van der Waals surface area contributed by atoms with Crippen LogP contribution in [0.1, 0.15) is 36.4 Å². The topological polar surface area (TPSA) is 58.6 Å². The summed E-state index contributed by atoms with van der Waals surface area (Å²) in [6.07, 6.45) is 3.66. The largest absolute Gasteiger partial charge is 0.493 e. The van der Waals surface area contributed by atoms with E-state index in [4.69, 9.17) is 9.84 Å². The number of carbonyl (C=O) groups is 1. The number of hydrogen-bond acceptors (Lipinski definition) is 3. The van der Waals surface area contributed by atoms with Crippen LogP contribution in [0.15, 0.2) is 18.2 Å². The van der Waals surface area contributed by atoms with Gasteiger partial charge < -0.3 is 9.84 Å². The summed E-state index contributed by atoms with van der Waals surface area (Å²) in [7, 11) is 0. The molecule has 2 atom stereocenters. The van der Waals surface area contributed by atoms with E-state index in [2.05, 4.69) is 11.4 Å². The third-order valence-corrected chi connectivity index (χ3v) is 3.78. The van der Waals surface area contributed by atoms with Crippen LogP contribution in [0.5, 0.6) is 5.75 Å². The van der Waals surface area contributed by atoms with Crippen LogP contribution in [0.3, 0.4) is 0 Å². The number of benzene rings is 1. The first-order chi connectivity index (χ1) is 8.75. The van der Waals surface area contributed by atoms with Crippen molar-refractivity contribution in [2.75, 3.05) is 6.61 Å². The third kappa shape index (κ3) is 1.97. The summed E-state index contributed by atoms with van der Waals surface area (Å²) in [6.45, 7) is 0.763. The molecular formula is C14H17NO3. The van der Waals surface area contributed by atoms with Gasteiger partial charge in [-0.25, -0.2) is 0 Å². The van der Waals surface area contributed by atoms with Crippen molar-refractivity contribution < 1.29 is 14.6 Å². The highest BCUT2D eigenvalue weighted by molar-refractivity contribution is 5.74. The van der Waals surface area contributed by atoms with Gasteiger partial charge in [0, 0.05) is 11.6 Å². The summed E-state index contributed by atoms with van der Waals surface area (Å²) in [5.41, 5.74) is 2.37. The number of para-hydroxylation sites is 1. The van der Waals surface area contributed by atoms with Crippen LogP contribution in [0.25, 0.3) is 0 Å². The van der Waals surface area contributed by atoms with Gasteiger partial charge in [0.2, 0.25) is 0 Å². The van der Waals surface area contributed by atoms with Crippen LogP contribution in [-0.2, 0) is 11.2 Å². The van der Waals surface area contributed by atoms with Crippen LogP contribution in [0, 0.1) is 0 Å². The van der Waals surface area contributed by atoms with Gasteiger partial charge in [-0.1, -0.05) is 18.2 Å². The van der Waals surface area contributed by atoms with Crippen molar-refractivity contribution in [3.63, 3.8) is 0 Å². The smallest absolute Gasteiger partial charge is 0.320 e. The van der Waals surface area contributed by atoms with Gasteiger partial charge in [-0.05, 0) is 31.2 Å². The van der Waals surface area contributed by atoms with Crippen molar-refractivity contribution >= 4 is 5.97 Å². The maximum Gasteiger partial charge on any atom is 0.320 e. The predicted molar refractivity (Wildman–Crippen MR) is 66.8 cm³/mol. The van der Waals surface area contributed by atoms with Crippen molar-refractivity contribution in [1.82, 2.24) is 5.32 Å². The summed E-state index contributed by atoms with van der Waals surface area (Å²) in [5.74, 6) is 0.218. The third-order valence-electron chi connectivity index (χ3n) is 3.78. The molecule has 0 amide bonds. The number of carboxylic acids is 1. The molecule has 1 saturated heterocycles. The molecule has 0 spiro atoms. The van der Waals surface area contributed by atoms with Gasteiger partial charge in [0.25, 0.3) is 0 Å². The molecule has 0 saturated carbocycles. The average Bonchev–Trinajstić information content (AvgIpc) is 2.87. The Hall–Kier alpha value is -1.55. The summed E-state index contributed by atoms with van der Waals surface area (Å²) < 4.78 is 5.78. The van der Waals surface area contributed by atoms with E-state index in [1.807, 2.05) is 12.1 Å². The Morgan fingerprint density at radius 3 is 3.06 bits per heavy atom. The van der Waals surface area contributed by atoms with E-state index in [0.717, 1.165) is 37.2 Å². The molecule has 1 aromatic carbocycles. The first-order valence-corrected chi connectivity index (χ1v) is 6.49. The van der Waals surface area contributed by atoms with E-state index < -0.39 is 12.0 Å². The molecule has 0 radical (unpaired) electrons. The first kappa shape index (κ1) is 11.5. The minimum atomic E-state index is -0.761. The maximum absolute atomic E-state index is 11.0. The molecule has 2 N–H and O–H groups in total. The van der Waals surface area contributed by atoms with Gasteiger partial charge in [-0.3, -0.25) is 10.1 Å². The molecule has 0 aliphatic carbocycles. The molecule has 2 heterocycles. The minimum absolute atomic E-state index is 0.110. The molecule has 4 nitrogen and oxygen atoms in total. The monoisotopic (exact) mass is 247 g/mol. The van der Waals surface area contributed by atoms with Crippen molar-refractivity contribution in [3.8, 4) is 5.75 Å². The molecular weight excluding hydrogens is 230 g/mol. The summed E-state index contributed by atoms with van der Waals surface area (Å²) >= 11 is 0. The van der Waals surface area contributed by atoms with Crippen molar-refractivity contribution in [1.29, 1.82) is 0 Å². The highest BCUT2D eigenvalue weighted by Gasteiger charge is 2.32. The molecule has 4 heteroatoms. The zero-order chi connectivity index (χ0) is 12.5. The molecule has 0 bridgehead atoms. The minimum Gasteiger partial charge on any atom is -0.493 e. The van der Waals surface area contributed by atoms with Gasteiger partial charge in [-0.15, -0.1) is 0 Å². The number of aryl methyl sites for hydroxylation is 1. The zero-order valence-corrected chi connectivity index (χ0v) is 10.2. The van der Waals surface area contributed by atoms with Gasteiger partial charge in [0.15, 0.2) is 0 Å². The standard InChI is InChI=1S/C14H17NO3/c16-14(17)12-7-6-11(15-12)10-5-1-3-9-4-2-8-18-13(9)10/h1,3,5,11-12,15H,2,4,6-8H2,(H,16,17). The normalized spacial score (nSPS) is 26.4. The molecule has 1 fully saturated rings. The Bertz CT molecular complexity index is 472. The van der Waals surface area contributed by atoms with Gasteiger partial charge >= 0.3 is 5.97 Å². The van der Waals surface area contributed by atoms with Crippen molar-refractivity contribution in [2.45, 2.75) is 37.8 Å². The summed E-state index contributed by atoms with van der Waals surface area (Å²) in [6, 6.07) is 5.88. The molecule has 18 heavy (non-hydrogen) atoms. The van der Waals surface area contributed by atoms with Crippen molar-refractivity contribution in [3.05, 3.63) is 29.3 Å². The van der Waals surface area contributed by atoms with E-state index in [0.29, 0.717) is 6.42 Å². The van der Waals surface area contributed by atoms with Gasteiger partial charge in [0.1, 0.15) is 11.8 Å². The molecule has 2 aliphatic heterocycles. The molecule has 2 unspecified atom stereocenters. The lowest BCUT2D eigenvalue weighted by Crippen LogP contribution is -2.32. The van der Waals surface area contributed by atoms with Crippen molar-refractivity contribution in [2.24, 2.45) is 0 Å². The lowest BCUT2D eigenvalue weighted by atomic mass is 9.97. The summed E-state index contributed by atoms with van der Waals surface area (Å²) in [5, 5.41) is 12.2. The average molecular weight is 247 g/mol. The van der Waals surface area contributed by atoms with E-state index in [-0.39, 0.29) is 6.04 Å². The van der Waals surface area contributed by atoms with Crippen LogP contribution in [-0.4, -0.2) is 23.7 Å². The van der Waals surface area contributed by atoms with E-state index in [1.54, 1.807) is 0 Å². The second-order valence-corrected chi connectivity index (χ2v) is 4.97. The Balaban J connectivity index is 1.87. The number of hydrogen-bond donors (Lipinski definition) is 2. The van der Waals surface area contributed by atoms with Gasteiger partial charge in [-0.2, -0.15) is 0 Å². The quantitative estimate of drug-likeness (QED) is 0.838. The number of fused-ring (bicyclic) bond motifs is 1. The van der Waals surface area contributed by atoms with E-state index >= 15 is 0 Å². The Morgan fingerprint density at radius 2 is 2.28 bits per heavy atom. The van der Waals surface area contributed by atoms with Crippen LogP contribution in [0.4, 0.5) is 0 Å². The van der Waals surface area contributed by atoms with E-state index in [9.17, 15) is 4.79 Å². The molecule has 3 rings (SSSR count). The SMILES string of the molecule is O=C(O)C1CCC(c2cccc3c2OCCC3)N1. The number of ether oxygens (including phenoxy) is 1. The highest BCUT2D eigenvalue weighted by Crippen LogP contribution is 2.37. The number of nitrogens with one attached hydrogen (secondary N) is 1. The Morgan fingerprint density at radius 1 is 1.39 bits per heavy atom. The number of rotatable bonds is 2. The fourth-order valence-electron chi connectivity index (χ4n) is 2.87. The molecule has 1 aromatic rings. The van der Waals surface area contributed by atoms with Crippen LogP contribution < -0.4 is 10.1 Å². The number of carboxylic acid groups (broad SMARTS) is 1. The summed E-state index contributed by atoms with van der Waals surface area (Å²) in [4.78, 5) is 11.0. The second-order valence-electron chi connectivity index (χ2n) is 4.97. The zero-order valence-electron chi connectivity index (χ0n) is 10.2.